The molecule has 0 saturated carbocycles. The van der Waals surface area contributed by atoms with Crippen molar-refractivity contribution in [2.24, 2.45) is 11.7 Å². The number of nitro groups is 1. The SMILES string of the molecule is CCc1ccc([N+](=O)[O-])cc1C(=O)N[C@@H](CCC(=O)C(N)=O)C(=O)Nc1cccn(CC(=O)NCC(CC)CC)c1=O. The summed E-state index contributed by atoms with van der Waals surface area (Å²) in [5.74, 6) is -4.00. The monoisotopic (exact) mass is 584 g/mol. The van der Waals surface area contributed by atoms with Crippen LogP contribution in [0.3, 0.4) is 0 Å². The van der Waals surface area contributed by atoms with Gasteiger partial charge in [-0.15, -0.1) is 0 Å². The smallest absolute Gasteiger partial charge is 0.284 e. The van der Waals surface area contributed by atoms with Gasteiger partial charge in [0.05, 0.1) is 4.92 Å². The van der Waals surface area contributed by atoms with Crippen LogP contribution in [-0.4, -0.2) is 51.5 Å². The van der Waals surface area contributed by atoms with Crippen molar-refractivity contribution in [2.45, 2.75) is 65.5 Å². The summed E-state index contributed by atoms with van der Waals surface area (Å²) in [6.45, 7) is 5.95. The lowest BCUT2D eigenvalue weighted by atomic mass is 10.0. The van der Waals surface area contributed by atoms with Crippen LogP contribution in [0.15, 0.2) is 41.3 Å². The van der Waals surface area contributed by atoms with Crippen molar-refractivity contribution in [3.8, 4) is 0 Å². The number of amides is 4. The predicted molar refractivity (Wildman–Crippen MR) is 154 cm³/mol. The van der Waals surface area contributed by atoms with Gasteiger partial charge in [-0.1, -0.05) is 39.7 Å². The standard InChI is InChI=1S/C28H36N6O8/c1-4-17(5-2)15-30-24(36)16-33-13-7-8-22(28(33)40)32-27(39)21(11-12-23(35)25(29)37)31-26(38)20-14-19(34(41)42)10-9-18(20)6-3/h7-10,13-14,17,21H,4-6,11-12,15-16H2,1-3H3,(H2,29,37)(H,30,36)(H,31,38)(H,32,39)/t21-/m0/s1. The van der Waals surface area contributed by atoms with Crippen molar-refractivity contribution in [1.82, 2.24) is 15.2 Å². The molecule has 1 heterocycles. The van der Waals surface area contributed by atoms with Crippen molar-refractivity contribution in [3.63, 3.8) is 0 Å². The third-order valence-corrected chi connectivity index (χ3v) is 6.82. The third-order valence-electron chi connectivity index (χ3n) is 6.82. The Bertz CT molecular complexity index is 1400. The van der Waals surface area contributed by atoms with Gasteiger partial charge < -0.3 is 26.3 Å². The van der Waals surface area contributed by atoms with Gasteiger partial charge in [0.1, 0.15) is 18.3 Å². The number of nitrogens with zero attached hydrogens (tertiary/aromatic N) is 2. The number of Topliss-reactive ketones (excluding diaryl/α,β-unsaturated/α-hetero) is 1. The maximum Gasteiger partial charge on any atom is 0.284 e. The van der Waals surface area contributed by atoms with Gasteiger partial charge >= 0.3 is 0 Å². The molecule has 1 aromatic heterocycles. The molecule has 0 aliphatic heterocycles. The highest BCUT2D eigenvalue weighted by molar-refractivity contribution is 6.35. The van der Waals surface area contributed by atoms with Crippen molar-refractivity contribution in [1.29, 1.82) is 0 Å². The number of nitrogens with one attached hydrogen (secondary N) is 3. The molecule has 4 amide bonds. The maximum absolute atomic E-state index is 13.2. The van der Waals surface area contributed by atoms with Crippen LogP contribution in [0.2, 0.25) is 0 Å². The lowest BCUT2D eigenvalue weighted by Crippen LogP contribution is -2.45. The molecule has 0 bridgehead atoms. The lowest BCUT2D eigenvalue weighted by Gasteiger charge is -2.19. The van der Waals surface area contributed by atoms with E-state index in [4.69, 9.17) is 5.73 Å². The second-order valence-electron chi connectivity index (χ2n) is 9.64. The number of hydrogen-bond donors (Lipinski definition) is 4. The van der Waals surface area contributed by atoms with E-state index in [1.54, 1.807) is 6.92 Å². The van der Waals surface area contributed by atoms with E-state index < -0.39 is 46.5 Å². The molecule has 2 aromatic rings. The first kappa shape index (κ1) is 33.3. The molecular formula is C28H36N6O8. The molecule has 1 aromatic carbocycles. The molecule has 0 saturated heterocycles. The number of benzene rings is 1. The molecule has 1 atom stereocenters. The molecule has 0 aliphatic rings. The van der Waals surface area contributed by atoms with E-state index in [0.717, 1.165) is 23.5 Å². The van der Waals surface area contributed by atoms with Crippen molar-refractivity contribution in [2.75, 3.05) is 11.9 Å². The van der Waals surface area contributed by atoms with Crippen LogP contribution < -0.4 is 27.2 Å². The molecule has 0 aliphatic carbocycles. The summed E-state index contributed by atoms with van der Waals surface area (Å²) in [6, 6.07) is 5.07. The van der Waals surface area contributed by atoms with Gasteiger partial charge in [0, 0.05) is 36.9 Å². The Hall–Kier alpha value is -4.88. The summed E-state index contributed by atoms with van der Waals surface area (Å²) in [5, 5.41) is 18.9. The fourth-order valence-corrected chi connectivity index (χ4v) is 4.12. The average molecular weight is 585 g/mol. The first-order valence-corrected chi connectivity index (χ1v) is 13.6. The van der Waals surface area contributed by atoms with Crippen LogP contribution in [0.25, 0.3) is 0 Å². The number of carbonyl (C=O) groups excluding carboxylic acids is 5. The van der Waals surface area contributed by atoms with E-state index in [1.807, 2.05) is 13.8 Å². The summed E-state index contributed by atoms with van der Waals surface area (Å²) in [4.78, 5) is 85.4. The molecule has 14 heteroatoms. The molecule has 14 nitrogen and oxygen atoms in total. The van der Waals surface area contributed by atoms with Gasteiger partial charge in [0.25, 0.3) is 23.1 Å². The molecule has 226 valence electrons. The van der Waals surface area contributed by atoms with Crippen molar-refractivity contribution >= 4 is 40.8 Å². The number of pyridine rings is 1. The zero-order valence-electron chi connectivity index (χ0n) is 23.8. The lowest BCUT2D eigenvalue weighted by molar-refractivity contribution is -0.384. The van der Waals surface area contributed by atoms with Gasteiger partial charge in [-0.3, -0.25) is 38.9 Å². The van der Waals surface area contributed by atoms with Gasteiger partial charge in [-0.25, -0.2) is 0 Å². The number of aromatic nitrogens is 1. The number of non-ortho nitro benzene ring substituents is 1. The number of primary amides is 1. The largest absolute Gasteiger partial charge is 0.363 e. The Morgan fingerprint density at radius 1 is 1.07 bits per heavy atom. The van der Waals surface area contributed by atoms with E-state index in [9.17, 15) is 38.9 Å². The molecule has 0 radical (unpaired) electrons. The minimum Gasteiger partial charge on any atom is -0.363 e. The second-order valence-corrected chi connectivity index (χ2v) is 9.64. The highest BCUT2D eigenvalue weighted by Crippen LogP contribution is 2.19. The van der Waals surface area contributed by atoms with Gasteiger partial charge in [-0.2, -0.15) is 0 Å². The Morgan fingerprint density at radius 2 is 1.76 bits per heavy atom. The van der Waals surface area contributed by atoms with Crippen LogP contribution in [0, 0.1) is 16.0 Å². The Kier molecular flexibility index (Phi) is 12.5. The normalized spacial score (nSPS) is 11.4. The number of hydrogen-bond acceptors (Lipinski definition) is 8. The molecule has 0 fully saturated rings. The number of nitro benzene ring substituents is 1. The molecule has 42 heavy (non-hydrogen) atoms. The summed E-state index contributed by atoms with van der Waals surface area (Å²) >= 11 is 0. The summed E-state index contributed by atoms with van der Waals surface area (Å²) < 4.78 is 1.11. The van der Waals surface area contributed by atoms with E-state index in [1.165, 1.54) is 30.5 Å². The second kappa shape index (κ2) is 15.8. The zero-order valence-corrected chi connectivity index (χ0v) is 23.8. The highest BCUT2D eigenvalue weighted by Gasteiger charge is 2.26. The zero-order chi connectivity index (χ0) is 31.4. The Morgan fingerprint density at radius 3 is 2.36 bits per heavy atom. The quantitative estimate of drug-likeness (QED) is 0.128. The van der Waals surface area contributed by atoms with Crippen LogP contribution in [0.5, 0.6) is 0 Å². The van der Waals surface area contributed by atoms with E-state index in [2.05, 4.69) is 16.0 Å². The van der Waals surface area contributed by atoms with Crippen LogP contribution >= 0.6 is 0 Å². The number of nitrogens with two attached hydrogens (primary N) is 1. The highest BCUT2D eigenvalue weighted by atomic mass is 16.6. The molecule has 5 N–H and O–H groups in total. The predicted octanol–water partition coefficient (Wildman–Crippen LogP) is 1.44. The average Bonchev–Trinajstić information content (AvgIpc) is 2.96. The summed E-state index contributed by atoms with van der Waals surface area (Å²) in [7, 11) is 0. The minimum atomic E-state index is -1.43. The number of anilines is 1. The van der Waals surface area contributed by atoms with Gasteiger partial charge in [-0.05, 0) is 36.5 Å². The first-order valence-electron chi connectivity index (χ1n) is 13.6. The summed E-state index contributed by atoms with van der Waals surface area (Å²) in [6.07, 6.45) is 2.68. The van der Waals surface area contributed by atoms with E-state index in [-0.39, 0.29) is 35.8 Å². The molecule has 0 unspecified atom stereocenters. The summed E-state index contributed by atoms with van der Waals surface area (Å²) in [5.41, 5.74) is 4.21. The number of rotatable bonds is 16. The number of carbonyl (C=O) groups is 5. The van der Waals surface area contributed by atoms with Crippen LogP contribution in [0.4, 0.5) is 11.4 Å². The first-order chi connectivity index (χ1) is 19.9. The van der Waals surface area contributed by atoms with Crippen LogP contribution in [0.1, 0.15) is 62.4 Å². The number of aryl methyl sites for hydroxylation is 1. The van der Waals surface area contributed by atoms with Crippen LogP contribution in [-0.2, 0) is 32.1 Å². The van der Waals surface area contributed by atoms with Crippen molar-refractivity contribution < 1.29 is 28.9 Å². The molecule has 0 spiro atoms. The van der Waals surface area contributed by atoms with Gasteiger partial charge in [0.2, 0.25) is 17.6 Å². The van der Waals surface area contributed by atoms with E-state index in [0.29, 0.717) is 24.4 Å². The fraction of sp³-hybridized carbons (Fsp3) is 0.429. The fourth-order valence-electron chi connectivity index (χ4n) is 4.12. The maximum atomic E-state index is 13.2. The third kappa shape index (κ3) is 9.35. The molecular weight excluding hydrogens is 548 g/mol. The van der Waals surface area contributed by atoms with Crippen molar-refractivity contribution in [3.05, 3.63) is 68.1 Å². The minimum absolute atomic E-state index is 0.0489. The van der Waals surface area contributed by atoms with E-state index >= 15 is 0 Å². The topological polar surface area (TPSA) is 213 Å². The Balaban J connectivity index is 2.28. The van der Waals surface area contributed by atoms with Gasteiger partial charge in [0.15, 0.2) is 0 Å². The number of ketones is 1. The Labute approximate surface area is 242 Å². The molecule has 2 rings (SSSR count).